The second-order valence-electron chi connectivity index (χ2n) is 4.34. The number of para-hydroxylation sites is 1. The van der Waals surface area contributed by atoms with E-state index < -0.39 is 11.9 Å². The lowest BCUT2D eigenvalue weighted by atomic mass is 10.1. The third-order valence-electron chi connectivity index (χ3n) is 2.73. The van der Waals surface area contributed by atoms with Crippen LogP contribution in [0.1, 0.15) is 17.3 Å². The normalized spacial score (nSPS) is 10.6. The highest BCUT2D eigenvalue weighted by Crippen LogP contribution is 2.17. The van der Waals surface area contributed by atoms with Gasteiger partial charge < -0.3 is 20.1 Å². The molecule has 122 valence electrons. The topological polar surface area (TPSA) is 100 Å². The number of nitrogens with one attached hydrogen (secondary N) is 2. The Morgan fingerprint density at radius 1 is 1.35 bits per heavy atom. The smallest absolute Gasteiger partial charge is 0.340 e. The molecule has 0 bridgehead atoms. The molecular weight excluding hydrogens is 298 g/mol. The van der Waals surface area contributed by atoms with E-state index in [0.717, 1.165) is 0 Å². The van der Waals surface area contributed by atoms with Crippen molar-refractivity contribution in [2.45, 2.75) is 6.92 Å². The van der Waals surface area contributed by atoms with Gasteiger partial charge in [0.1, 0.15) is 11.6 Å². The number of amides is 1. The molecule has 0 spiro atoms. The highest BCUT2D eigenvalue weighted by atomic mass is 16.5. The number of hydrogen-bond acceptors (Lipinski definition) is 6. The molecule has 0 atom stereocenters. The molecule has 23 heavy (non-hydrogen) atoms. The first kappa shape index (κ1) is 18.2. The van der Waals surface area contributed by atoms with Crippen molar-refractivity contribution in [2.75, 3.05) is 32.2 Å². The number of carbonyl (C=O) groups is 2. The summed E-state index contributed by atoms with van der Waals surface area (Å²) < 4.78 is 9.78. The van der Waals surface area contributed by atoms with Gasteiger partial charge in [-0.05, 0) is 19.1 Å². The van der Waals surface area contributed by atoms with Crippen LogP contribution in [-0.2, 0) is 14.3 Å². The first-order valence-electron chi connectivity index (χ1n) is 7.04. The Bertz CT molecular complexity index is 620. The van der Waals surface area contributed by atoms with E-state index in [-0.39, 0.29) is 23.4 Å². The first-order chi connectivity index (χ1) is 11.1. The van der Waals surface area contributed by atoms with E-state index in [1.807, 2.05) is 0 Å². The van der Waals surface area contributed by atoms with Crippen molar-refractivity contribution in [3.63, 3.8) is 0 Å². The molecule has 0 unspecified atom stereocenters. The van der Waals surface area contributed by atoms with E-state index in [9.17, 15) is 9.59 Å². The lowest BCUT2D eigenvalue weighted by Gasteiger charge is -2.10. The molecule has 0 aromatic heterocycles. The van der Waals surface area contributed by atoms with E-state index in [0.29, 0.717) is 13.2 Å². The lowest BCUT2D eigenvalue weighted by Crippen LogP contribution is -2.20. The number of anilines is 1. The minimum atomic E-state index is -0.617. The molecule has 7 heteroatoms. The van der Waals surface area contributed by atoms with Crippen LogP contribution in [-0.4, -0.2) is 38.7 Å². The Labute approximate surface area is 134 Å². The van der Waals surface area contributed by atoms with Crippen molar-refractivity contribution < 1.29 is 19.1 Å². The number of carbonyl (C=O) groups excluding carboxylic acids is 2. The quantitative estimate of drug-likeness (QED) is 0.326. The van der Waals surface area contributed by atoms with Crippen LogP contribution < -0.4 is 10.6 Å². The molecular formula is C16H19N3O4. The van der Waals surface area contributed by atoms with Gasteiger partial charge in [-0.1, -0.05) is 12.1 Å². The van der Waals surface area contributed by atoms with Crippen LogP contribution in [0.25, 0.3) is 0 Å². The molecule has 0 fully saturated rings. The minimum Gasteiger partial charge on any atom is -0.462 e. The molecule has 0 saturated carbocycles. The average molecular weight is 317 g/mol. The van der Waals surface area contributed by atoms with Gasteiger partial charge in [-0.25, -0.2) is 4.79 Å². The van der Waals surface area contributed by atoms with Gasteiger partial charge in [0.05, 0.1) is 24.5 Å². The van der Waals surface area contributed by atoms with Crippen LogP contribution in [0.15, 0.2) is 36.0 Å². The third-order valence-corrected chi connectivity index (χ3v) is 2.73. The monoisotopic (exact) mass is 317 g/mol. The maximum atomic E-state index is 12.1. The Morgan fingerprint density at radius 2 is 2.09 bits per heavy atom. The molecule has 1 aromatic rings. The summed E-state index contributed by atoms with van der Waals surface area (Å²) >= 11 is 0. The zero-order chi connectivity index (χ0) is 17.1. The predicted octanol–water partition coefficient (Wildman–Crippen LogP) is 1.45. The van der Waals surface area contributed by atoms with Gasteiger partial charge in [-0.15, -0.1) is 0 Å². The zero-order valence-corrected chi connectivity index (χ0v) is 13.1. The largest absolute Gasteiger partial charge is 0.462 e. The minimum absolute atomic E-state index is 0.111. The fourth-order valence-electron chi connectivity index (χ4n) is 1.65. The molecule has 0 aliphatic carbocycles. The molecule has 0 saturated heterocycles. The summed E-state index contributed by atoms with van der Waals surface area (Å²) in [5.41, 5.74) is 0.404. The molecule has 1 rings (SSSR count). The summed E-state index contributed by atoms with van der Waals surface area (Å²) in [5, 5.41) is 14.4. The summed E-state index contributed by atoms with van der Waals surface area (Å²) in [6.07, 6.45) is 1.31. The maximum Gasteiger partial charge on any atom is 0.340 e. The predicted molar refractivity (Wildman–Crippen MR) is 84.6 cm³/mol. The summed E-state index contributed by atoms with van der Waals surface area (Å²) in [7, 11) is 1.55. The van der Waals surface area contributed by atoms with Crippen LogP contribution in [0, 0.1) is 11.3 Å². The van der Waals surface area contributed by atoms with Crippen LogP contribution in [0.5, 0.6) is 0 Å². The molecule has 7 nitrogen and oxygen atoms in total. The van der Waals surface area contributed by atoms with Crippen molar-refractivity contribution in [1.82, 2.24) is 5.32 Å². The number of nitrogens with zero attached hydrogens (tertiary/aromatic N) is 1. The first-order valence-corrected chi connectivity index (χ1v) is 7.04. The zero-order valence-electron chi connectivity index (χ0n) is 13.1. The third kappa shape index (κ3) is 5.80. The number of nitriles is 1. The van der Waals surface area contributed by atoms with Crippen molar-refractivity contribution in [3.05, 3.63) is 41.6 Å². The molecule has 0 heterocycles. The van der Waals surface area contributed by atoms with Gasteiger partial charge in [0.25, 0.3) is 5.91 Å². The standard InChI is InChI=1S/C16H19N3O4/c1-3-23-16(21)13-6-4-5-7-14(13)19-15(20)12(10-17)11-18-8-9-22-2/h4-7,11,18H,3,8-9H2,1-2H3,(H,19,20)/b12-11-. The summed E-state index contributed by atoms with van der Waals surface area (Å²) in [6.45, 7) is 2.84. The van der Waals surface area contributed by atoms with Gasteiger partial charge in [0.15, 0.2) is 0 Å². The van der Waals surface area contributed by atoms with Gasteiger partial charge >= 0.3 is 5.97 Å². The molecule has 0 aliphatic heterocycles. The fourth-order valence-corrected chi connectivity index (χ4v) is 1.65. The van der Waals surface area contributed by atoms with E-state index in [4.69, 9.17) is 14.7 Å². The van der Waals surface area contributed by atoms with Crippen LogP contribution >= 0.6 is 0 Å². The summed E-state index contributed by atoms with van der Waals surface area (Å²) in [6, 6.07) is 8.24. The number of benzene rings is 1. The van der Waals surface area contributed by atoms with E-state index >= 15 is 0 Å². The summed E-state index contributed by atoms with van der Waals surface area (Å²) in [5.74, 6) is -1.15. The summed E-state index contributed by atoms with van der Waals surface area (Å²) in [4.78, 5) is 24.0. The average Bonchev–Trinajstić information content (AvgIpc) is 2.55. The van der Waals surface area contributed by atoms with Crippen LogP contribution in [0.4, 0.5) is 5.69 Å². The van der Waals surface area contributed by atoms with Gasteiger partial charge in [-0.2, -0.15) is 5.26 Å². The molecule has 1 aromatic carbocycles. The SMILES string of the molecule is CCOC(=O)c1ccccc1NC(=O)/C(C#N)=C\NCCOC. The number of hydrogen-bond donors (Lipinski definition) is 2. The highest BCUT2D eigenvalue weighted by Gasteiger charge is 2.16. The number of esters is 1. The van der Waals surface area contributed by atoms with E-state index in [1.54, 1.807) is 44.4 Å². The number of methoxy groups -OCH3 is 1. The van der Waals surface area contributed by atoms with Crippen molar-refractivity contribution in [3.8, 4) is 6.07 Å². The molecule has 0 aliphatic rings. The van der Waals surface area contributed by atoms with Crippen LogP contribution in [0.3, 0.4) is 0 Å². The number of ether oxygens (including phenoxy) is 2. The highest BCUT2D eigenvalue weighted by molar-refractivity contribution is 6.09. The Kier molecular flexibility index (Phi) is 7.89. The van der Waals surface area contributed by atoms with Gasteiger partial charge in [-0.3, -0.25) is 4.79 Å². The molecule has 2 N–H and O–H groups in total. The second-order valence-corrected chi connectivity index (χ2v) is 4.34. The van der Waals surface area contributed by atoms with E-state index in [2.05, 4.69) is 10.6 Å². The maximum absolute atomic E-state index is 12.1. The van der Waals surface area contributed by atoms with Gasteiger partial charge in [0.2, 0.25) is 0 Å². The lowest BCUT2D eigenvalue weighted by molar-refractivity contribution is -0.112. The Hall–Kier alpha value is -2.85. The number of rotatable bonds is 8. The van der Waals surface area contributed by atoms with Crippen molar-refractivity contribution in [1.29, 1.82) is 5.26 Å². The van der Waals surface area contributed by atoms with Crippen LogP contribution in [0.2, 0.25) is 0 Å². The molecule has 1 amide bonds. The Morgan fingerprint density at radius 3 is 2.74 bits per heavy atom. The van der Waals surface area contributed by atoms with E-state index in [1.165, 1.54) is 6.20 Å². The molecule has 0 radical (unpaired) electrons. The van der Waals surface area contributed by atoms with Crippen molar-refractivity contribution in [2.24, 2.45) is 0 Å². The van der Waals surface area contributed by atoms with Gasteiger partial charge in [0, 0.05) is 19.9 Å². The fraction of sp³-hybridized carbons (Fsp3) is 0.312. The Balaban J connectivity index is 2.84. The second kappa shape index (κ2) is 9.97. The van der Waals surface area contributed by atoms with Crippen molar-refractivity contribution >= 4 is 17.6 Å².